The van der Waals surface area contributed by atoms with Crippen LogP contribution in [-0.2, 0) is 27.1 Å². The summed E-state index contributed by atoms with van der Waals surface area (Å²) in [6.07, 6.45) is 20.3. The number of fused-ring (bicyclic) bond motifs is 4. The normalized spacial score (nSPS) is 19.8. The molecule has 0 saturated carbocycles. The van der Waals surface area contributed by atoms with Crippen LogP contribution in [0, 0.1) is 27.7 Å². The van der Waals surface area contributed by atoms with Gasteiger partial charge in [0.15, 0.2) is 0 Å². The molecule has 0 unspecified atom stereocenters. The van der Waals surface area contributed by atoms with E-state index >= 15 is 0 Å². The van der Waals surface area contributed by atoms with Crippen LogP contribution in [0.4, 0.5) is 5.69 Å². The fraction of sp³-hybridized carbons (Fsp3) is 0.385. The fourth-order valence-electron chi connectivity index (χ4n) is 12.5. The van der Waals surface area contributed by atoms with E-state index in [-0.39, 0.29) is 27.1 Å². The van der Waals surface area contributed by atoms with E-state index < -0.39 is 0 Å². The highest BCUT2D eigenvalue weighted by molar-refractivity contribution is 7.84. The third kappa shape index (κ3) is 8.49. The van der Waals surface area contributed by atoms with Crippen molar-refractivity contribution in [2.24, 2.45) is 0 Å². The van der Waals surface area contributed by atoms with E-state index in [2.05, 4.69) is 211 Å². The van der Waals surface area contributed by atoms with Crippen LogP contribution < -0.4 is 5.32 Å². The molecule has 0 spiro atoms. The molecule has 0 bridgehead atoms. The van der Waals surface area contributed by atoms with Crippen molar-refractivity contribution in [3.8, 4) is 22.3 Å². The number of thiol groups is 1. The van der Waals surface area contributed by atoms with Crippen molar-refractivity contribution in [2.45, 2.75) is 163 Å². The lowest BCUT2D eigenvalue weighted by Crippen LogP contribution is -2.34. The second-order valence-electron chi connectivity index (χ2n) is 23.9. The van der Waals surface area contributed by atoms with Crippen molar-refractivity contribution >= 4 is 35.5 Å². The van der Waals surface area contributed by atoms with Crippen LogP contribution in [0.2, 0.25) is 0 Å². The predicted octanol–water partition coefficient (Wildman–Crippen LogP) is 18.3. The molecule has 0 aromatic heterocycles. The highest BCUT2D eigenvalue weighted by atomic mass is 32.1. The number of anilines is 1. The molecule has 0 atom stereocenters. The van der Waals surface area contributed by atoms with Crippen LogP contribution in [0.25, 0.3) is 39.5 Å². The first-order chi connectivity index (χ1) is 31.5. The SMILES string of the molecule is Cc1cc(C)c(-c2cc(\C=C/C=C\C(S)=C\Nc3cc4c(cc3C)C(C)(C)CCC4(C)C)c(-c3ccc4c(c3)C(C)(C)CCC4(C)C)c(C3=CC4=C(CC3)C(C)(C)c3ccccc34)c2)c(C)c1. The molecule has 2 heteroatoms. The van der Waals surface area contributed by atoms with E-state index in [1.807, 2.05) is 6.20 Å². The summed E-state index contributed by atoms with van der Waals surface area (Å²) in [6.45, 7) is 33.2. The standard InChI is InChI=1S/C65H75NS/c1-40-31-42(3)59(43(4)32-40)47-34-45(19-15-16-20-48(67)39-66-58-38-57-55(33-41(58)2)62(7,8)29-30-64(57,11)12)60(46-24-26-54-56(37-46)63(9,10)28-27-61(54,5)6)50(36-47)44-23-25-53-51(35-44)49-21-17-18-22-52(49)65(53,13)14/h15-22,24,26,31-39,66-67H,23,25,27-30H2,1-14H3/b19-15-,20-16-,48-39-. The van der Waals surface area contributed by atoms with Gasteiger partial charge in [0.05, 0.1) is 0 Å². The van der Waals surface area contributed by atoms with Gasteiger partial charge in [0.1, 0.15) is 0 Å². The zero-order valence-corrected chi connectivity index (χ0v) is 44.1. The molecule has 1 N–H and O–H groups in total. The number of nitrogens with one attached hydrogen (secondary N) is 1. The minimum atomic E-state index is 0.0230. The molecular formula is C65H75NS. The summed E-state index contributed by atoms with van der Waals surface area (Å²) >= 11 is 4.98. The summed E-state index contributed by atoms with van der Waals surface area (Å²) in [5.74, 6) is 0. The van der Waals surface area contributed by atoms with E-state index in [9.17, 15) is 0 Å². The fourth-order valence-corrected chi connectivity index (χ4v) is 12.7. The zero-order valence-electron chi connectivity index (χ0n) is 43.2. The molecule has 4 aliphatic rings. The molecule has 9 rings (SSSR count). The third-order valence-corrected chi connectivity index (χ3v) is 17.1. The quantitative estimate of drug-likeness (QED) is 0.117. The Kier molecular flexibility index (Phi) is 11.8. The third-order valence-electron chi connectivity index (χ3n) is 16.8. The Morgan fingerprint density at radius 2 is 1.16 bits per heavy atom. The maximum absolute atomic E-state index is 4.98. The van der Waals surface area contributed by atoms with Gasteiger partial charge in [-0.3, -0.25) is 0 Å². The molecule has 0 aliphatic heterocycles. The molecule has 4 aliphatic carbocycles. The van der Waals surface area contributed by atoms with Gasteiger partial charge in [-0.15, -0.1) is 12.6 Å². The molecule has 67 heavy (non-hydrogen) atoms. The Labute approximate surface area is 410 Å². The van der Waals surface area contributed by atoms with E-state index in [1.54, 1.807) is 5.57 Å². The van der Waals surface area contributed by atoms with Gasteiger partial charge in [0, 0.05) is 22.2 Å². The van der Waals surface area contributed by atoms with Crippen molar-refractivity contribution in [1.82, 2.24) is 0 Å². The summed E-state index contributed by atoms with van der Waals surface area (Å²) in [5.41, 5.74) is 27.9. The Hall–Kier alpha value is -5.05. The zero-order chi connectivity index (χ0) is 48.0. The first-order valence-electron chi connectivity index (χ1n) is 25.1. The van der Waals surface area contributed by atoms with Gasteiger partial charge >= 0.3 is 0 Å². The maximum Gasteiger partial charge on any atom is 0.0412 e. The average molecular weight is 902 g/mol. The van der Waals surface area contributed by atoms with Gasteiger partial charge in [-0.2, -0.15) is 0 Å². The van der Waals surface area contributed by atoms with Crippen molar-refractivity contribution in [3.63, 3.8) is 0 Å². The van der Waals surface area contributed by atoms with E-state index in [0.29, 0.717) is 0 Å². The van der Waals surface area contributed by atoms with Gasteiger partial charge in [-0.25, -0.2) is 0 Å². The molecule has 0 fully saturated rings. The summed E-state index contributed by atoms with van der Waals surface area (Å²) in [4.78, 5) is 0.873. The highest BCUT2D eigenvalue weighted by Gasteiger charge is 2.40. The molecule has 5 aromatic carbocycles. The van der Waals surface area contributed by atoms with E-state index in [0.717, 1.165) is 23.4 Å². The van der Waals surface area contributed by atoms with Crippen LogP contribution >= 0.6 is 12.6 Å². The van der Waals surface area contributed by atoms with Crippen molar-refractivity contribution in [1.29, 1.82) is 0 Å². The number of rotatable bonds is 8. The van der Waals surface area contributed by atoms with Gasteiger partial charge in [-0.1, -0.05) is 165 Å². The van der Waals surface area contributed by atoms with Gasteiger partial charge in [0.25, 0.3) is 0 Å². The summed E-state index contributed by atoms with van der Waals surface area (Å²) < 4.78 is 0. The second-order valence-corrected chi connectivity index (χ2v) is 24.5. The van der Waals surface area contributed by atoms with E-state index in [1.165, 1.54) is 126 Å². The minimum Gasteiger partial charge on any atom is -0.360 e. The van der Waals surface area contributed by atoms with Gasteiger partial charge in [0.2, 0.25) is 0 Å². The predicted molar refractivity (Wildman–Crippen MR) is 296 cm³/mol. The first kappa shape index (κ1) is 47.0. The first-order valence-corrected chi connectivity index (χ1v) is 25.6. The molecule has 5 aromatic rings. The van der Waals surface area contributed by atoms with Crippen molar-refractivity contribution in [3.05, 3.63) is 187 Å². The van der Waals surface area contributed by atoms with Crippen molar-refractivity contribution in [2.75, 3.05) is 5.32 Å². The Morgan fingerprint density at radius 3 is 1.84 bits per heavy atom. The summed E-state index contributed by atoms with van der Waals surface area (Å²) in [7, 11) is 0. The van der Waals surface area contributed by atoms with E-state index in [4.69, 9.17) is 12.6 Å². The average Bonchev–Trinajstić information content (AvgIpc) is 3.49. The number of allylic oxidation sites excluding steroid dienone is 7. The molecule has 0 radical (unpaired) electrons. The Morgan fingerprint density at radius 1 is 0.552 bits per heavy atom. The maximum atomic E-state index is 4.98. The minimum absolute atomic E-state index is 0.0230. The van der Waals surface area contributed by atoms with Crippen molar-refractivity contribution < 1.29 is 0 Å². The smallest absolute Gasteiger partial charge is 0.0412 e. The summed E-state index contributed by atoms with van der Waals surface area (Å²) in [5, 5.41) is 3.64. The van der Waals surface area contributed by atoms with Crippen LogP contribution in [0.5, 0.6) is 0 Å². The molecule has 1 nitrogen and oxygen atoms in total. The molecule has 0 amide bonds. The van der Waals surface area contributed by atoms with Gasteiger partial charge < -0.3 is 5.32 Å². The summed E-state index contributed by atoms with van der Waals surface area (Å²) in [6, 6.07) is 31.1. The molecule has 0 saturated heterocycles. The van der Waals surface area contributed by atoms with Crippen LogP contribution in [0.15, 0.2) is 120 Å². The Balaban J connectivity index is 1.18. The monoisotopic (exact) mass is 902 g/mol. The van der Waals surface area contributed by atoms with Crippen LogP contribution in [0.1, 0.15) is 175 Å². The highest BCUT2D eigenvalue weighted by Crippen LogP contribution is 2.54. The lowest BCUT2D eigenvalue weighted by molar-refractivity contribution is 0.332. The number of hydrogen-bond donors (Lipinski definition) is 2. The lowest BCUT2D eigenvalue weighted by Gasteiger charge is -2.42. The van der Waals surface area contributed by atoms with Crippen LogP contribution in [-0.4, -0.2) is 0 Å². The molecular weight excluding hydrogens is 827 g/mol. The number of hydrogen-bond acceptors (Lipinski definition) is 2. The molecule has 0 heterocycles. The largest absolute Gasteiger partial charge is 0.360 e. The van der Waals surface area contributed by atoms with Gasteiger partial charge in [-0.05, 0) is 207 Å². The number of aryl methyl sites for hydroxylation is 4. The second kappa shape index (κ2) is 16.9. The topological polar surface area (TPSA) is 12.0 Å². The Bertz CT molecular complexity index is 2980. The number of benzene rings is 5. The molecule has 346 valence electrons. The van der Waals surface area contributed by atoms with Crippen LogP contribution in [0.3, 0.4) is 0 Å². The lowest BCUT2D eigenvalue weighted by atomic mass is 9.62.